The predicted molar refractivity (Wildman–Crippen MR) is 256 cm³/mol. The molecule has 0 aliphatic carbocycles. The Hall–Kier alpha value is 2.06. The SMILES string of the molecule is CC(C)CCCCCCC(S)C(S)(C(S)CCCCCCC(C)C)C(OCCS)(C(S)CCCCCCC(C)C)C(S)CCCCCCC(C)C. The third-order valence-corrected chi connectivity index (χ3v) is 15.3. The van der Waals surface area contributed by atoms with Crippen LogP contribution in [0.1, 0.15) is 209 Å². The van der Waals surface area contributed by atoms with Crippen LogP contribution in [0.4, 0.5) is 0 Å². The molecule has 0 aromatic heterocycles. The highest BCUT2D eigenvalue weighted by Crippen LogP contribution is 2.53. The number of unbranched alkanes of at least 4 members (excludes halogenated alkanes) is 12. The molecule has 0 aromatic carbocycles. The first-order chi connectivity index (χ1) is 24.2. The van der Waals surface area contributed by atoms with Crippen LogP contribution in [0.3, 0.4) is 0 Å². The van der Waals surface area contributed by atoms with Crippen molar-refractivity contribution in [1.82, 2.24) is 0 Å². The van der Waals surface area contributed by atoms with E-state index in [0.717, 1.165) is 75.0 Å². The largest absolute Gasteiger partial charge is 0.370 e. The highest BCUT2D eigenvalue weighted by atomic mass is 32.1. The molecule has 0 aliphatic heterocycles. The summed E-state index contributed by atoms with van der Waals surface area (Å²) in [6, 6.07) is 0. The minimum absolute atomic E-state index is 0.00944. The van der Waals surface area contributed by atoms with Gasteiger partial charge in [0.25, 0.3) is 0 Å². The Balaban J connectivity index is 6.48. The first-order valence-electron chi connectivity index (χ1n) is 21.9. The van der Waals surface area contributed by atoms with Gasteiger partial charge in [-0.25, -0.2) is 0 Å². The third kappa shape index (κ3) is 22.6. The molecule has 7 heteroatoms. The summed E-state index contributed by atoms with van der Waals surface area (Å²) in [5.41, 5.74) is -0.685. The minimum Gasteiger partial charge on any atom is -0.370 e. The molecule has 308 valence electrons. The van der Waals surface area contributed by atoms with Gasteiger partial charge < -0.3 is 4.74 Å². The molecule has 0 saturated carbocycles. The topological polar surface area (TPSA) is 9.23 Å². The number of thiol groups is 6. The van der Waals surface area contributed by atoms with Crippen LogP contribution in [0.15, 0.2) is 0 Å². The summed E-state index contributed by atoms with van der Waals surface area (Å²) < 4.78 is 6.66. The number of hydrogen-bond acceptors (Lipinski definition) is 7. The summed E-state index contributed by atoms with van der Waals surface area (Å²) >= 11 is 32.8. The molecule has 0 amide bonds. The lowest BCUT2D eigenvalue weighted by atomic mass is 9.71. The van der Waals surface area contributed by atoms with Crippen molar-refractivity contribution in [2.75, 3.05) is 12.4 Å². The Labute approximate surface area is 354 Å². The standard InChI is InChI=1S/C44H90OS6/c1-35(2)25-17-9-13-21-29-39(47)43(45-33-34-46,40(48)30-22-14-10-18-26-36(3)4)44(51,41(49)31-23-15-11-19-27-37(5)6)42(50)32-24-16-12-20-28-38(7)8/h35-42,46-51H,9-34H2,1-8H3. The minimum atomic E-state index is -0.685. The zero-order chi connectivity index (χ0) is 38.7. The molecule has 0 aliphatic rings. The molecule has 4 atom stereocenters. The van der Waals surface area contributed by atoms with Crippen molar-refractivity contribution in [1.29, 1.82) is 0 Å². The zero-order valence-corrected chi connectivity index (χ0v) is 40.5. The summed E-state index contributed by atoms with van der Waals surface area (Å²) in [5.74, 6) is 3.76. The van der Waals surface area contributed by atoms with Crippen molar-refractivity contribution in [3.8, 4) is 0 Å². The number of rotatable bonds is 36. The van der Waals surface area contributed by atoms with E-state index in [9.17, 15) is 0 Å². The van der Waals surface area contributed by atoms with Crippen LogP contribution in [-0.4, -0.2) is 43.7 Å². The molecule has 0 aromatic rings. The lowest BCUT2D eigenvalue weighted by molar-refractivity contribution is -0.0731. The average Bonchev–Trinajstić information content (AvgIpc) is 3.06. The smallest absolute Gasteiger partial charge is 0.108 e. The van der Waals surface area contributed by atoms with E-state index in [1.807, 2.05) is 0 Å². The molecule has 4 unspecified atom stereocenters. The molecular formula is C44H90OS6. The van der Waals surface area contributed by atoms with Gasteiger partial charge in [0.1, 0.15) is 5.60 Å². The highest BCUT2D eigenvalue weighted by molar-refractivity contribution is 7.88. The van der Waals surface area contributed by atoms with Crippen molar-refractivity contribution in [2.24, 2.45) is 23.7 Å². The van der Waals surface area contributed by atoms with Gasteiger partial charge in [-0.3, -0.25) is 0 Å². The monoisotopic (exact) mass is 827 g/mol. The fourth-order valence-corrected chi connectivity index (χ4v) is 11.5. The molecule has 0 bridgehead atoms. The predicted octanol–water partition coefficient (Wildman–Crippen LogP) is 15.5. The van der Waals surface area contributed by atoms with Crippen LogP contribution < -0.4 is 0 Å². The molecule has 0 N–H and O–H groups in total. The second-order valence-corrected chi connectivity index (χ2v) is 21.5. The van der Waals surface area contributed by atoms with E-state index in [-0.39, 0.29) is 21.0 Å². The van der Waals surface area contributed by atoms with E-state index in [2.05, 4.69) is 68.0 Å². The molecule has 0 heterocycles. The van der Waals surface area contributed by atoms with Crippen molar-refractivity contribution < 1.29 is 4.74 Å². The summed E-state index contributed by atoms with van der Waals surface area (Å²) in [5, 5.41) is 0.0287. The fourth-order valence-electron chi connectivity index (χ4n) is 7.87. The van der Waals surface area contributed by atoms with Crippen molar-refractivity contribution in [3.05, 3.63) is 0 Å². The van der Waals surface area contributed by atoms with Crippen LogP contribution in [0.5, 0.6) is 0 Å². The van der Waals surface area contributed by atoms with Gasteiger partial charge in [-0.1, -0.05) is 184 Å². The summed E-state index contributed by atoms with van der Waals surface area (Å²) in [4.78, 5) is 0. The maximum Gasteiger partial charge on any atom is 0.108 e. The van der Waals surface area contributed by atoms with Gasteiger partial charge in [-0.05, 0) is 49.4 Å². The normalized spacial score (nSPS) is 17.3. The first-order valence-corrected chi connectivity index (χ1v) is 25.0. The van der Waals surface area contributed by atoms with E-state index in [0.29, 0.717) is 12.4 Å². The highest BCUT2D eigenvalue weighted by Gasteiger charge is 2.62. The van der Waals surface area contributed by atoms with E-state index < -0.39 is 10.3 Å². The zero-order valence-electron chi connectivity index (χ0n) is 35.1. The van der Waals surface area contributed by atoms with Gasteiger partial charge >= 0.3 is 0 Å². The Kier molecular flexibility index (Phi) is 33.4. The van der Waals surface area contributed by atoms with E-state index >= 15 is 0 Å². The summed E-state index contributed by atoms with van der Waals surface area (Å²) in [6.45, 7) is 19.2. The Morgan fingerprint density at radius 2 is 0.608 bits per heavy atom. The van der Waals surface area contributed by atoms with Gasteiger partial charge in [-0.2, -0.15) is 75.8 Å². The summed E-state index contributed by atoms with van der Waals surface area (Å²) in [7, 11) is 0. The van der Waals surface area contributed by atoms with Crippen molar-refractivity contribution >= 4 is 75.8 Å². The molecular weight excluding hydrogens is 737 g/mol. The quantitative estimate of drug-likeness (QED) is 0.0273. The van der Waals surface area contributed by atoms with Gasteiger partial charge in [0, 0.05) is 26.8 Å². The van der Waals surface area contributed by atoms with Crippen LogP contribution in [0, 0.1) is 23.7 Å². The lowest BCUT2D eigenvalue weighted by Gasteiger charge is -2.58. The van der Waals surface area contributed by atoms with Gasteiger partial charge in [0.15, 0.2) is 0 Å². The summed E-state index contributed by atoms with van der Waals surface area (Å²) in [6.07, 6.45) is 29.2. The third-order valence-electron chi connectivity index (χ3n) is 11.1. The van der Waals surface area contributed by atoms with Crippen LogP contribution in [0.2, 0.25) is 0 Å². The van der Waals surface area contributed by atoms with Crippen LogP contribution in [-0.2, 0) is 4.74 Å². The van der Waals surface area contributed by atoms with Gasteiger partial charge in [0.05, 0.1) is 11.4 Å². The Morgan fingerprint density at radius 3 is 0.843 bits per heavy atom. The molecule has 0 fully saturated rings. The second kappa shape index (κ2) is 32.1. The molecule has 0 radical (unpaired) electrons. The van der Waals surface area contributed by atoms with Gasteiger partial charge in [0.2, 0.25) is 0 Å². The van der Waals surface area contributed by atoms with Crippen LogP contribution >= 0.6 is 75.8 Å². The lowest BCUT2D eigenvalue weighted by Crippen LogP contribution is -2.70. The Bertz CT molecular complexity index is 723. The molecule has 0 rings (SSSR count). The second-order valence-electron chi connectivity index (χ2n) is 17.8. The molecule has 0 spiro atoms. The van der Waals surface area contributed by atoms with Gasteiger partial charge in [-0.15, -0.1) is 0 Å². The molecule has 0 saturated heterocycles. The fraction of sp³-hybridized carbons (Fsp3) is 1.00. The molecule has 51 heavy (non-hydrogen) atoms. The first kappa shape index (κ1) is 53.1. The van der Waals surface area contributed by atoms with Crippen molar-refractivity contribution in [2.45, 2.75) is 241 Å². The Morgan fingerprint density at radius 1 is 0.373 bits per heavy atom. The number of hydrogen-bond donors (Lipinski definition) is 6. The maximum absolute atomic E-state index is 7.27. The number of ether oxygens (including phenoxy) is 1. The molecule has 1 nitrogen and oxygen atoms in total. The van der Waals surface area contributed by atoms with E-state index in [1.165, 1.54) is 103 Å². The average molecular weight is 828 g/mol. The van der Waals surface area contributed by atoms with E-state index in [1.54, 1.807) is 0 Å². The maximum atomic E-state index is 7.27. The van der Waals surface area contributed by atoms with E-state index in [4.69, 9.17) is 67.9 Å². The van der Waals surface area contributed by atoms with Crippen molar-refractivity contribution in [3.63, 3.8) is 0 Å². The van der Waals surface area contributed by atoms with Crippen LogP contribution in [0.25, 0.3) is 0 Å².